The molecule has 0 saturated carbocycles. The standard InChI is InChI=1S/C9H9O.Y/c1-8(10)7-9-5-3-2-4-6-9;/h2-7H,1H3;/q-1;+3. The van der Waals surface area contributed by atoms with Crippen LogP contribution in [0.5, 0.6) is 0 Å². The van der Waals surface area contributed by atoms with Crippen LogP contribution in [-0.2, 0) is 37.5 Å². The van der Waals surface area contributed by atoms with E-state index in [0.29, 0.717) is 0 Å². The second-order valence-electron chi connectivity index (χ2n) is 2.17. The summed E-state index contributed by atoms with van der Waals surface area (Å²) in [6.45, 7) is 1.55. The summed E-state index contributed by atoms with van der Waals surface area (Å²) in [7, 11) is 0. The molecule has 11 heavy (non-hydrogen) atoms. The molecule has 0 amide bonds. The molecule has 0 heterocycles. The van der Waals surface area contributed by atoms with Gasteiger partial charge in [0.2, 0.25) is 0 Å². The molecule has 0 aromatic heterocycles. The second-order valence-corrected chi connectivity index (χ2v) is 2.17. The van der Waals surface area contributed by atoms with Crippen molar-refractivity contribution in [3.05, 3.63) is 42.3 Å². The molecule has 2 heteroatoms. The fraction of sp³-hybridized carbons (Fsp3) is 0.111. The Morgan fingerprint density at radius 1 is 1.27 bits per heavy atom. The van der Waals surface area contributed by atoms with Crippen LogP contribution >= 0.6 is 0 Å². The summed E-state index contributed by atoms with van der Waals surface area (Å²) in [5, 5.41) is 0. The van der Waals surface area contributed by atoms with E-state index in [1.54, 1.807) is 13.3 Å². The first-order valence-electron chi connectivity index (χ1n) is 3.19. The molecule has 0 aliphatic carbocycles. The number of ketones is 1. The van der Waals surface area contributed by atoms with Crippen molar-refractivity contribution in [1.29, 1.82) is 0 Å². The van der Waals surface area contributed by atoms with Crippen molar-refractivity contribution in [1.82, 2.24) is 0 Å². The number of hydrogen-bond acceptors (Lipinski definition) is 1. The minimum Gasteiger partial charge on any atom is -0.310 e. The molecule has 1 aromatic rings. The Bertz CT molecular complexity index is 218. The molecule has 0 spiro atoms. The summed E-state index contributed by atoms with van der Waals surface area (Å²) in [6.07, 6.45) is 1.61. The average molecular weight is 222 g/mol. The molecule has 52 valence electrons. The van der Waals surface area contributed by atoms with E-state index < -0.39 is 0 Å². The van der Waals surface area contributed by atoms with Gasteiger partial charge in [-0.05, 0) is 6.92 Å². The molecule has 0 N–H and O–H groups in total. The maximum atomic E-state index is 10.6. The third-order valence-electron chi connectivity index (χ3n) is 1.17. The van der Waals surface area contributed by atoms with Gasteiger partial charge in [0, 0.05) is 0 Å². The monoisotopic (exact) mass is 222 g/mol. The number of carbonyl (C=O) groups excluding carboxylic acids is 1. The molecule has 1 rings (SSSR count). The van der Waals surface area contributed by atoms with E-state index in [2.05, 4.69) is 0 Å². The molecule has 0 fully saturated rings. The quantitative estimate of drug-likeness (QED) is 0.697. The van der Waals surface area contributed by atoms with Crippen LogP contribution < -0.4 is 0 Å². The van der Waals surface area contributed by atoms with Crippen LogP contribution in [0.4, 0.5) is 0 Å². The first-order valence-corrected chi connectivity index (χ1v) is 3.19. The average Bonchev–Trinajstić information content (AvgIpc) is 1.88. The third-order valence-corrected chi connectivity index (χ3v) is 1.17. The first-order chi connectivity index (χ1) is 4.79. The summed E-state index contributed by atoms with van der Waals surface area (Å²) < 4.78 is 0. The van der Waals surface area contributed by atoms with E-state index in [-0.39, 0.29) is 38.5 Å². The van der Waals surface area contributed by atoms with Gasteiger partial charge in [0.1, 0.15) is 0 Å². The zero-order valence-corrected chi connectivity index (χ0v) is 9.29. The van der Waals surface area contributed by atoms with Crippen molar-refractivity contribution >= 4 is 5.78 Å². The van der Waals surface area contributed by atoms with Crippen LogP contribution in [-0.4, -0.2) is 5.78 Å². The van der Waals surface area contributed by atoms with Gasteiger partial charge in [-0.1, -0.05) is 6.07 Å². The minimum absolute atomic E-state index is 0. The molecular formula is C9H9OY+2. The Morgan fingerprint density at radius 3 is 2.27 bits per heavy atom. The zero-order valence-electron chi connectivity index (χ0n) is 6.45. The van der Waals surface area contributed by atoms with Gasteiger partial charge in [-0.25, -0.2) is 0 Å². The maximum Gasteiger partial charge on any atom is 3.00 e. The Kier molecular flexibility index (Phi) is 5.44. The maximum absolute atomic E-state index is 10.6. The summed E-state index contributed by atoms with van der Waals surface area (Å²) in [5.74, 6) is 0.0891. The summed E-state index contributed by atoms with van der Waals surface area (Å²) in [5.41, 5.74) is 0.968. The van der Waals surface area contributed by atoms with E-state index in [9.17, 15) is 4.79 Å². The molecule has 0 aliphatic heterocycles. The molecule has 0 atom stereocenters. The minimum atomic E-state index is 0. The first kappa shape index (κ1) is 10.9. The van der Waals surface area contributed by atoms with Crippen LogP contribution in [0.2, 0.25) is 0 Å². The Labute approximate surface area is 92.1 Å². The Hall–Kier alpha value is -0.136. The van der Waals surface area contributed by atoms with Crippen molar-refractivity contribution in [2.24, 2.45) is 0 Å². The van der Waals surface area contributed by atoms with Gasteiger partial charge in [-0.3, -0.25) is 0 Å². The van der Waals surface area contributed by atoms with Gasteiger partial charge in [0.25, 0.3) is 0 Å². The SMILES string of the molecule is CC(=O)[CH-]c1ccccc1.[Y+3]. The van der Waals surface area contributed by atoms with Crippen LogP contribution in [0, 0.1) is 6.42 Å². The second kappa shape index (κ2) is 5.51. The Balaban J connectivity index is 0.000001000. The number of Topliss-reactive ketones (excluding diaryl/α,β-unsaturated/α-hetero) is 1. The van der Waals surface area contributed by atoms with Gasteiger partial charge >= 0.3 is 32.7 Å². The molecule has 0 aliphatic rings. The van der Waals surface area contributed by atoms with Crippen LogP contribution in [0.15, 0.2) is 30.3 Å². The summed E-state index contributed by atoms with van der Waals surface area (Å²) in [6, 6.07) is 9.56. The van der Waals surface area contributed by atoms with Crippen molar-refractivity contribution < 1.29 is 37.5 Å². The normalized spacial score (nSPS) is 8.09. The van der Waals surface area contributed by atoms with Gasteiger partial charge in [-0.2, -0.15) is 17.7 Å². The van der Waals surface area contributed by atoms with Gasteiger partial charge in [-0.15, -0.1) is 18.6 Å². The van der Waals surface area contributed by atoms with Crippen molar-refractivity contribution in [3.8, 4) is 0 Å². The van der Waals surface area contributed by atoms with Crippen LogP contribution in [0.3, 0.4) is 0 Å². The molecule has 0 bridgehead atoms. The van der Waals surface area contributed by atoms with Gasteiger partial charge in [0.15, 0.2) is 0 Å². The largest absolute Gasteiger partial charge is 3.00 e. The van der Waals surface area contributed by atoms with E-state index in [0.717, 1.165) is 5.56 Å². The zero-order chi connectivity index (χ0) is 7.40. The topological polar surface area (TPSA) is 17.1 Å². The summed E-state index contributed by atoms with van der Waals surface area (Å²) >= 11 is 0. The van der Waals surface area contributed by atoms with Crippen LogP contribution in [0.1, 0.15) is 12.5 Å². The van der Waals surface area contributed by atoms with Crippen molar-refractivity contribution in [3.63, 3.8) is 0 Å². The summed E-state index contributed by atoms with van der Waals surface area (Å²) in [4.78, 5) is 10.6. The number of rotatable bonds is 2. The Morgan fingerprint density at radius 2 is 1.82 bits per heavy atom. The van der Waals surface area contributed by atoms with Gasteiger partial charge in [0.05, 0.1) is 5.78 Å². The molecule has 0 saturated heterocycles. The molecular weight excluding hydrogens is 213 g/mol. The number of hydrogen-bond donors (Lipinski definition) is 0. The van der Waals surface area contributed by atoms with E-state index in [1.165, 1.54) is 0 Å². The van der Waals surface area contributed by atoms with Gasteiger partial charge < -0.3 is 4.79 Å². The van der Waals surface area contributed by atoms with Crippen molar-refractivity contribution in [2.45, 2.75) is 6.92 Å². The predicted molar refractivity (Wildman–Crippen MR) is 40.5 cm³/mol. The molecule has 0 unspecified atom stereocenters. The van der Waals surface area contributed by atoms with E-state index in [1.807, 2.05) is 30.3 Å². The smallest absolute Gasteiger partial charge is 0.310 e. The van der Waals surface area contributed by atoms with Crippen molar-refractivity contribution in [2.75, 3.05) is 0 Å². The fourth-order valence-corrected chi connectivity index (χ4v) is 0.784. The molecule has 0 radical (unpaired) electrons. The molecule has 1 aromatic carbocycles. The molecule has 1 nitrogen and oxygen atoms in total. The van der Waals surface area contributed by atoms with E-state index >= 15 is 0 Å². The number of carbonyl (C=O) groups is 1. The number of benzene rings is 1. The predicted octanol–water partition coefficient (Wildman–Crippen LogP) is 1.83. The van der Waals surface area contributed by atoms with Crippen LogP contribution in [0.25, 0.3) is 0 Å². The fourth-order valence-electron chi connectivity index (χ4n) is 0.784. The third kappa shape index (κ3) is 4.33. The van der Waals surface area contributed by atoms with E-state index in [4.69, 9.17) is 0 Å².